The number of benzene rings is 2. The molecule has 4 rings (SSSR count). The smallest absolute Gasteiger partial charge is 0.406 e. The van der Waals surface area contributed by atoms with E-state index in [1.54, 1.807) is 12.1 Å². The first-order valence-electron chi connectivity index (χ1n) is 7.90. The molecular formula is C19H15F3N2O. The van der Waals surface area contributed by atoms with Gasteiger partial charge < -0.3 is 4.74 Å². The summed E-state index contributed by atoms with van der Waals surface area (Å²) in [5, 5.41) is 7.52. The molecule has 0 aliphatic heterocycles. The number of nitrogens with one attached hydrogen (secondary N) is 1. The summed E-state index contributed by atoms with van der Waals surface area (Å²) in [5.74, 6) is -0.214. The number of alkyl halides is 3. The number of fused-ring (bicyclic) bond motifs is 3. The van der Waals surface area contributed by atoms with E-state index < -0.39 is 6.36 Å². The second-order valence-corrected chi connectivity index (χ2v) is 6.18. The third-order valence-electron chi connectivity index (χ3n) is 4.51. The van der Waals surface area contributed by atoms with Gasteiger partial charge >= 0.3 is 6.36 Å². The van der Waals surface area contributed by atoms with E-state index in [0.29, 0.717) is 6.42 Å². The quantitative estimate of drug-likeness (QED) is 0.581. The van der Waals surface area contributed by atoms with E-state index in [0.717, 1.165) is 28.9 Å². The Labute approximate surface area is 142 Å². The number of H-pyrrole nitrogens is 1. The average molecular weight is 344 g/mol. The van der Waals surface area contributed by atoms with Gasteiger partial charge in [-0.25, -0.2) is 0 Å². The molecule has 0 saturated heterocycles. The lowest BCUT2D eigenvalue weighted by molar-refractivity contribution is -0.274. The van der Waals surface area contributed by atoms with Crippen LogP contribution in [0.15, 0.2) is 42.5 Å². The zero-order valence-electron chi connectivity index (χ0n) is 13.4. The van der Waals surface area contributed by atoms with Crippen LogP contribution in [0.5, 0.6) is 5.75 Å². The highest BCUT2D eigenvalue weighted by Crippen LogP contribution is 2.38. The van der Waals surface area contributed by atoms with Crippen molar-refractivity contribution in [3.8, 4) is 17.0 Å². The van der Waals surface area contributed by atoms with Gasteiger partial charge in [-0.15, -0.1) is 13.2 Å². The van der Waals surface area contributed by atoms with Crippen LogP contribution in [0.25, 0.3) is 11.3 Å². The molecule has 0 unspecified atom stereocenters. The number of ether oxygens (including phenoxy) is 1. The molecule has 1 heterocycles. The summed E-state index contributed by atoms with van der Waals surface area (Å²) in [6.45, 7) is 2.09. The Hall–Kier alpha value is -2.76. The predicted molar refractivity (Wildman–Crippen MR) is 87.5 cm³/mol. The van der Waals surface area contributed by atoms with Gasteiger partial charge in [0, 0.05) is 29.7 Å². The van der Waals surface area contributed by atoms with Gasteiger partial charge in [0.15, 0.2) is 0 Å². The van der Waals surface area contributed by atoms with Gasteiger partial charge in [-0.1, -0.05) is 30.3 Å². The summed E-state index contributed by atoms with van der Waals surface area (Å²) in [7, 11) is 0. The summed E-state index contributed by atoms with van der Waals surface area (Å²) in [5.41, 5.74) is 7.74. The third kappa shape index (κ3) is 2.99. The molecule has 0 bridgehead atoms. The topological polar surface area (TPSA) is 37.9 Å². The molecule has 1 N–H and O–H groups in total. The fraction of sp³-hybridized carbons (Fsp3) is 0.211. The van der Waals surface area contributed by atoms with Crippen molar-refractivity contribution in [1.29, 1.82) is 0 Å². The van der Waals surface area contributed by atoms with Gasteiger partial charge in [0.05, 0.1) is 5.69 Å². The minimum atomic E-state index is -4.67. The first-order valence-corrected chi connectivity index (χ1v) is 7.90. The standard InChI is InChI=1S/C19H15F3N2O/c1-11-3-2-4-14-15(11)10-16-17(23-24-18(14)16)9-12-5-7-13(8-6-12)25-19(20,21)22/h2-8H,9-10H2,1H3,(H,23,24). The summed E-state index contributed by atoms with van der Waals surface area (Å²) >= 11 is 0. The molecule has 0 atom stereocenters. The van der Waals surface area contributed by atoms with Crippen molar-refractivity contribution in [1.82, 2.24) is 10.2 Å². The summed E-state index contributed by atoms with van der Waals surface area (Å²) in [4.78, 5) is 0. The Morgan fingerprint density at radius 2 is 1.84 bits per heavy atom. The highest BCUT2D eigenvalue weighted by atomic mass is 19.4. The van der Waals surface area contributed by atoms with Crippen LogP contribution in [0.1, 0.15) is 27.9 Å². The number of aryl methyl sites for hydroxylation is 1. The molecule has 2 aromatic carbocycles. The lowest BCUT2D eigenvalue weighted by Gasteiger charge is -2.09. The number of hydrogen-bond donors (Lipinski definition) is 1. The van der Waals surface area contributed by atoms with Gasteiger partial charge in [0.2, 0.25) is 0 Å². The lowest BCUT2D eigenvalue weighted by atomic mass is 10.0. The van der Waals surface area contributed by atoms with E-state index in [1.807, 2.05) is 6.07 Å². The zero-order chi connectivity index (χ0) is 17.6. The Bertz CT molecular complexity index is 927. The Kier molecular flexibility index (Phi) is 3.56. The molecule has 3 nitrogen and oxygen atoms in total. The minimum Gasteiger partial charge on any atom is -0.406 e. The monoisotopic (exact) mass is 344 g/mol. The van der Waals surface area contributed by atoms with Crippen molar-refractivity contribution >= 4 is 0 Å². The SMILES string of the molecule is Cc1cccc2c1Cc1c-2n[nH]c1Cc1ccc(OC(F)(F)F)cc1. The van der Waals surface area contributed by atoms with Crippen molar-refractivity contribution in [3.05, 3.63) is 70.4 Å². The summed E-state index contributed by atoms with van der Waals surface area (Å²) in [6, 6.07) is 12.1. The first-order chi connectivity index (χ1) is 11.9. The second kappa shape index (κ2) is 5.65. The molecule has 128 valence electrons. The molecule has 0 fully saturated rings. The van der Waals surface area contributed by atoms with Gasteiger partial charge in [-0.3, -0.25) is 5.10 Å². The largest absolute Gasteiger partial charge is 0.573 e. The van der Waals surface area contributed by atoms with Crippen LogP contribution >= 0.6 is 0 Å². The molecule has 6 heteroatoms. The molecule has 3 aromatic rings. The number of rotatable bonds is 3. The van der Waals surface area contributed by atoms with Crippen LogP contribution in [-0.4, -0.2) is 16.6 Å². The first kappa shape index (κ1) is 15.7. The van der Waals surface area contributed by atoms with E-state index in [4.69, 9.17) is 0 Å². The van der Waals surface area contributed by atoms with Gasteiger partial charge in [0.25, 0.3) is 0 Å². The Morgan fingerprint density at radius 3 is 2.56 bits per heavy atom. The number of aromatic amines is 1. The van der Waals surface area contributed by atoms with E-state index in [1.165, 1.54) is 28.8 Å². The van der Waals surface area contributed by atoms with Crippen molar-refractivity contribution in [2.45, 2.75) is 26.1 Å². The van der Waals surface area contributed by atoms with Crippen molar-refractivity contribution in [3.63, 3.8) is 0 Å². The van der Waals surface area contributed by atoms with Crippen LogP contribution in [0.4, 0.5) is 13.2 Å². The van der Waals surface area contributed by atoms with Crippen LogP contribution in [0.2, 0.25) is 0 Å². The van der Waals surface area contributed by atoms with Gasteiger partial charge in [-0.2, -0.15) is 5.10 Å². The number of hydrogen-bond acceptors (Lipinski definition) is 2. The highest BCUT2D eigenvalue weighted by molar-refractivity contribution is 5.75. The molecule has 0 spiro atoms. The normalized spacial score (nSPS) is 12.8. The predicted octanol–water partition coefficient (Wildman–Crippen LogP) is 4.78. The van der Waals surface area contributed by atoms with Crippen molar-refractivity contribution < 1.29 is 17.9 Å². The van der Waals surface area contributed by atoms with Crippen LogP contribution < -0.4 is 4.74 Å². The third-order valence-corrected chi connectivity index (χ3v) is 4.51. The fourth-order valence-electron chi connectivity index (χ4n) is 3.31. The maximum Gasteiger partial charge on any atom is 0.573 e. The maximum atomic E-state index is 12.2. The molecule has 0 saturated carbocycles. The number of halogens is 3. The fourth-order valence-corrected chi connectivity index (χ4v) is 3.31. The molecule has 0 amide bonds. The zero-order valence-corrected chi connectivity index (χ0v) is 13.4. The van der Waals surface area contributed by atoms with E-state index >= 15 is 0 Å². The lowest BCUT2D eigenvalue weighted by Crippen LogP contribution is -2.17. The van der Waals surface area contributed by atoms with Crippen LogP contribution in [0, 0.1) is 6.92 Å². The molecular weight excluding hydrogens is 329 g/mol. The van der Waals surface area contributed by atoms with Crippen molar-refractivity contribution in [2.24, 2.45) is 0 Å². The van der Waals surface area contributed by atoms with E-state index in [9.17, 15) is 13.2 Å². The molecule has 1 aliphatic rings. The second-order valence-electron chi connectivity index (χ2n) is 6.18. The minimum absolute atomic E-state index is 0.214. The van der Waals surface area contributed by atoms with Gasteiger partial charge in [0.1, 0.15) is 5.75 Å². The number of aromatic nitrogens is 2. The maximum absolute atomic E-state index is 12.2. The van der Waals surface area contributed by atoms with Gasteiger partial charge in [-0.05, 0) is 35.7 Å². The number of nitrogens with zero attached hydrogens (tertiary/aromatic N) is 1. The molecule has 25 heavy (non-hydrogen) atoms. The molecule has 1 aromatic heterocycles. The van der Waals surface area contributed by atoms with Crippen LogP contribution in [0.3, 0.4) is 0 Å². The Morgan fingerprint density at radius 1 is 1.08 bits per heavy atom. The summed E-state index contributed by atoms with van der Waals surface area (Å²) in [6.07, 6.45) is -3.25. The van der Waals surface area contributed by atoms with E-state index in [-0.39, 0.29) is 5.75 Å². The average Bonchev–Trinajstić information content (AvgIpc) is 3.09. The highest BCUT2D eigenvalue weighted by Gasteiger charge is 2.31. The Balaban J connectivity index is 1.56. The molecule has 1 aliphatic carbocycles. The van der Waals surface area contributed by atoms with Crippen molar-refractivity contribution in [2.75, 3.05) is 0 Å². The molecule has 0 radical (unpaired) electrons. The van der Waals surface area contributed by atoms with Crippen LogP contribution in [-0.2, 0) is 12.8 Å². The summed E-state index contributed by atoms with van der Waals surface area (Å²) < 4.78 is 40.6. The van der Waals surface area contributed by atoms with E-state index in [2.05, 4.69) is 34.0 Å².